The number of hydrogen-bond acceptors (Lipinski definition) is 4. The van der Waals surface area contributed by atoms with Gasteiger partial charge in [0, 0.05) is 23.9 Å². The molecule has 0 radical (unpaired) electrons. The summed E-state index contributed by atoms with van der Waals surface area (Å²) in [7, 11) is 1.54. The molecular formula is C24H22N2O4. The van der Waals surface area contributed by atoms with Crippen LogP contribution in [0.3, 0.4) is 0 Å². The highest BCUT2D eigenvalue weighted by atomic mass is 16.5. The second kappa shape index (κ2) is 8.00. The van der Waals surface area contributed by atoms with Crippen molar-refractivity contribution in [3.63, 3.8) is 0 Å². The van der Waals surface area contributed by atoms with E-state index in [9.17, 15) is 14.7 Å². The highest BCUT2D eigenvalue weighted by molar-refractivity contribution is 6.00. The molecule has 1 unspecified atom stereocenters. The molecule has 2 amide bonds. The summed E-state index contributed by atoms with van der Waals surface area (Å²) in [4.78, 5) is 26.0. The van der Waals surface area contributed by atoms with Crippen molar-refractivity contribution in [3.8, 4) is 11.5 Å². The van der Waals surface area contributed by atoms with Crippen LogP contribution < -0.4 is 10.1 Å². The van der Waals surface area contributed by atoms with Crippen molar-refractivity contribution >= 4 is 17.5 Å². The lowest BCUT2D eigenvalue weighted by Gasteiger charge is -2.16. The minimum atomic E-state index is -1.03. The summed E-state index contributed by atoms with van der Waals surface area (Å²) in [5.41, 5.74) is 3.37. The van der Waals surface area contributed by atoms with Gasteiger partial charge in [-0.05, 0) is 55.0 Å². The number of nitrogens with one attached hydrogen (secondary N) is 1. The minimum Gasteiger partial charge on any atom is -0.457 e. The van der Waals surface area contributed by atoms with Crippen molar-refractivity contribution in [3.05, 3.63) is 89.0 Å². The molecule has 0 bridgehead atoms. The number of carbonyl (C=O) groups is 2. The molecule has 1 atom stereocenters. The van der Waals surface area contributed by atoms with Gasteiger partial charge in [-0.25, -0.2) is 0 Å². The van der Waals surface area contributed by atoms with Gasteiger partial charge in [0.2, 0.25) is 5.91 Å². The topological polar surface area (TPSA) is 78.9 Å². The highest BCUT2D eigenvalue weighted by Gasteiger charge is 2.34. The van der Waals surface area contributed by atoms with Gasteiger partial charge in [-0.2, -0.15) is 0 Å². The minimum absolute atomic E-state index is 0.0585. The number of fused-ring (bicyclic) bond motifs is 1. The number of anilines is 1. The first-order valence-electron chi connectivity index (χ1n) is 9.64. The van der Waals surface area contributed by atoms with Gasteiger partial charge in [0.1, 0.15) is 11.5 Å². The predicted molar refractivity (Wildman–Crippen MR) is 114 cm³/mol. The van der Waals surface area contributed by atoms with Crippen LogP contribution in [0.2, 0.25) is 0 Å². The molecule has 6 heteroatoms. The number of amides is 2. The Labute approximate surface area is 174 Å². The largest absolute Gasteiger partial charge is 0.457 e. The molecule has 1 aliphatic rings. The number of ether oxygens (including phenoxy) is 1. The van der Waals surface area contributed by atoms with Gasteiger partial charge in [-0.15, -0.1) is 0 Å². The summed E-state index contributed by atoms with van der Waals surface area (Å²) in [5.74, 6) is 0.935. The first kappa shape index (κ1) is 19.7. The third-order valence-electron chi connectivity index (χ3n) is 5.12. The monoisotopic (exact) mass is 402 g/mol. The summed E-state index contributed by atoms with van der Waals surface area (Å²) < 4.78 is 5.79. The van der Waals surface area contributed by atoms with Gasteiger partial charge < -0.3 is 20.1 Å². The second-order valence-corrected chi connectivity index (χ2v) is 7.33. The molecule has 3 aromatic rings. The molecule has 0 fully saturated rings. The molecule has 6 nitrogen and oxygen atoms in total. The van der Waals surface area contributed by atoms with Gasteiger partial charge in [-0.3, -0.25) is 9.59 Å². The molecule has 0 aliphatic carbocycles. The fourth-order valence-corrected chi connectivity index (χ4v) is 3.48. The number of aryl methyl sites for hydroxylation is 1. The van der Waals surface area contributed by atoms with E-state index in [4.69, 9.17) is 4.74 Å². The maximum Gasteiger partial charge on any atom is 0.256 e. The third kappa shape index (κ3) is 3.90. The Morgan fingerprint density at radius 2 is 1.67 bits per heavy atom. The van der Waals surface area contributed by atoms with Crippen LogP contribution in [0.4, 0.5) is 5.69 Å². The van der Waals surface area contributed by atoms with E-state index < -0.39 is 6.23 Å². The van der Waals surface area contributed by atoms with Crippen molar-refractivity contribution in [1.29, 1.82) is 0 Å². The smallest absolute Gasteiger partial charge is 0.256 e. The number of carbonyl (C=O) groups excluding carboxylic acids is 2. The molecule has 30 heavy (non-hydrogen) atoms. The maximum absolute atomic E-state index is 12.5. The summed E-state index contributed by atoms with van der Waals surface area (Å²) in [6, 6.07) is 20.0. The normalized spacial score (nSPS) is 15.1. The van der Waals surface area contributed by atoms with Crippen LogP contribution in [0.5, 0.6) is 11.5 Å². The van der Waals surface area contributed by atoms with Crippen LogP contribution in [-0.4, -0.2) is 28.9 Å². The van der Waals surface area contributed by atoms with Crippen molar-refractivity contribution in [2.75, 3.05) is 12.4 Å². The predicted octanol–water partition coefficient (Wildman–Crippen LogP) is 4.05. The molecule has 3 aromatic carbocycles. The summed E-state index contributed by atoms with van der Waals surface area (Å²) in [6.45, 7) is 2.02. The van der Waals surface area contributed by atoms with Crippen molar-refractivity contribution in [1.82, 2.24) is 4.90 Å². The Morgan fingerprint density at radius 3 is 2.33 bits per heavy atom. The van der Waals surface area contributed by atoms with Gasteiger partial charge in [0.15, 0.2) is 6.23 Å². The number of nitrogens with zero attached hydrogens (tertiary/aromatic N) is 1. The van der Waals surface area contributed by atoms with E-state index in [1.807, 2.05) is 31.2 Å². The molecule has 0 saturated heterocycles. The molecule has 0 saturated carbocycles. The molecule has 0 aromatic heterocycles. The standard InChI is InChI=1S/C24H22N2O4/c1-15-6-10-18(11-7-15)30-19-12-8-17(9-13-19)25-21(27)14-16-4-3-5-20-22(16)24(29)26(2)23(20)28/h3-13,24,29H,14H2,1-2H3,(H,25,27). The van der Waals surface area contributed by atoms with Crippen molar-refractivity contribution in [2.24, 2.45) is 0 Å². The number of benzene rings is 3. The van der Waals surface area contributed by atoms with Crippen LogP contribution >= 0.6 is 0 Å². The number of rotatable bonds is 5. The van der Waals surface area contributed by atoms with E-state index in [1.54, 1.807) is 42.5 Å². The molecule has 4 rings (SSSR count). The van der Waals surface area contributed by atoms with Gasteiger partial charge in [0.05, 0.1) is 6.42 Å². The van der Waals surface area contributed by atoms with Crippen LogP contribution in [0.25, 0.3) is 0 Å². The SMILES string of the molecule is Cc1ccc(Oc2ccc(NC(=O)Cc3cccc4c3C(O)N(C)C4=O)cc2)cc1. The van der Waals surface area contributed by atoms with Crippen molar-refractivity contribution in [2.45, 2.75) is 19.6 Å². The lowest BCUT2D eigenvalue weighted by Crippen LogP contribution is -2.23. The van der Waals surface area contributed by atoms with Gasteiger partial charge >= 0.3 is 0 Å². The second-order valence-electron chi connectivity index (χ2n) is 7.33. The zero-order valence-corrected chi connectivity index (χ0v) is 16.8. The third-order valence-corrected chi connectivity index (χ3v) is 5.12. The Kier molecular flexibility index (Phi) is 5.25. The lowest BCUT2D eigenvalue weighted by molar-refractivity contribution is -0.115. The first-order chi connectivity index (χ1) is 14.4. The van der Waals surface area contributed by atoms with Crippen LogP contribution in [-0.2, 0) is 11.2 Å². The van der Waals surface area contributed by atoms with Crippen LogP contribution in [0.1, 0.15) is 33.3 Å². The van der Waals surface area contributed by atoms with E-state index in [0.29, 0.717) is 28.1 Å². The van der Waals surface area contributed by atoms with Gasteiger partial charge in [-0.1, -0.05) is 29.8 Å². The maximum atomic E-state index is 12.5. The zero-order chi connectivity index (χ0) is 21.3. The summed E-state index contributed by atoms with van der Waals surface area (Å²) in [5, 5.41) is 13.2. The van der Waals surface area contributed by atoms with Crippen LogP contribution in [0.15, 0.2) is 66.7 Å². The quantitative estimate of drug-likeness (QED) is 0.675. The van der Waals surface area contributed by atoms with E-state index in [0.717, 1.165) is 11.3 Å². The average Bonchev–Trinajstić information content (AvgIpc) is 2.96. The Morgan fingerprint density at radius 1 is 1.03 bits per heavy atom. The van der Waals surface area contributed by atoms with Crippen molar-refractivity contribution < 1.29 is 19.4 Å². The Bertz CT molecular complexity index is 1090. The van der Waals surface area contributed by atoms with Crippen LogP contribution in [0, 0.1) is 6.92 Å². The lowest BCUT2D eigenvalue weighted by atomic mass is 9.99. The molecular weight excluding hydrogens is 380 g/mol. The number of hydrogen-bond donors (Lipinski definition) is 2. The summed E-state index contributed by atoms with van der Waals surface area (Å²) in [6.07, 6.45) is -0.974. The number of aliphatic hydroxyl groups is 1. The Hall–Kier alpha value is -3.64. The van der Waals surface area contributed by atoms with E-state index in [1.165, 1.54) is 11.9 Å². The highest BCUT2D eigenvalue weighted by Crippen LogP contribution is 2.33. The molecule has 1 aliphatic heterocycles. The Balaban J connectivity index is 1.42. The fraction of sp³-hybridized carbons (Fsp3) is 0.167. The van der Waals surface area contributed by atoms with E-state index in [-0.39, 0.29) is 18.2 Å². The van der Waals surface area contributed by atoms with E-state index >= 15 is 0 Å². The number of aliphatic hydroxyl groups excluding tert-OH is 1. The molecule has 152 valence electrons. The molecule has 0 spiro atoms. The fourth-order valence-electron chi connectivity index (χ4n) is 3.48. The molecule has 2 N–H and O–H groups in total. The van der Waals surface area contributed by atoms with E-state index in [2.05, 4.69) is 5.32 Å². The molecule has 1 heterocycles. The van der Waals surface area contributed by atoms with Gasteiger partial charge in [0.25, 0.3) is 5.91 Å². The zero-order valence-electron chi connectivity index (χ0n) is 16.8. The summed E-state index contributed by atoms with van der Waals surface area (Å²) >= 11 is 0. The average molecular weight is 402 g/mol. The first-order valence-corrected chi connectivity index (χ1v) is 9.64.